The Labute approximate surface area is 129 Å². The van der Waals surface area contributed by atoms with Crippen molar-refractivity contribution in [3.8, 4) is 0 Å². The smallest absolute Gasteiger partial charge is 0.199 e. The van der Waals surface area contributed by atoms with E-state index in [1.54, 1.807) is 0 Å². The molecule has 0 saturated carbocycles. The molecule has 1 aromatic heterocycles. The number of aryl methyl sites for hydroxylation is 1. The van der Waals surface area contributed by atoms with Gasteiger partial charge in [-0.05, 0) is 24.7 Å². The molecule has 1 saturated heterocycles. The van der Waals surface area contributed by atoms with Crippen molar-refractivity contribution in [2.24, 2.45) is 0 Å². The van der Waals surface area contributed by atoms with E-state index in [0.29, 0.717) is 0 Å². The Kier molecular flexibility index (Phi) is 4.48. The summed E-state index contributed by atoms with van der Waals surface area (Å²) in [6, 6.07) is 10.3. The van der Waals surface area contributed by atoms with Gasteiger partial charge in [-0.1, -0.05) is 30.3 Å². The molecular weight excluding hydrogens is 284 g/mol. The van der Waals surface area contributed by atoms with E-state index in [0.717, 1.165) is 50.1 Å². The SMILES string of the molecule is Cc1nn(CN2CCOCC2)c(=S)n1Cc1ccccc1. The summed E-state index contributed by atoms with van der Waals surface area (Å²) in [6.07, 6.45) is 0. The first-order valence-corrected chi connectivity index (χ1v) is 7.63. The van der Waals surface area contributed by atoms with Crippen LogP contribution in [0.1, 0.15) is 11.4 Å². The predicted octanol–water partition coefficient (Wildman–Crippen LogP) is 2.06. The monoisotopic (exact) mass is 304 g/mol. The van der Waals surface area contributed by atoms with Gasteiger partial charge in [-0.2, -0.15) is 5.10 Å². The van der Waals surface area contributed by atoms with Gasteiger partial charge in [0.15, 0.2) is 4.77 Å². The lowest BCUT2D eigenvalue weighted by Gasteiger charge is -2.26. The summed E-state index contributed by atoms with van der Waals surface area (Å²) in [5.41, 5.74) is 1.24. The lowest BCUT2D eigenvalue weighted by atomic mass is 10.2. The summed E-state index contributed by atoms with van der Waals surface area (Å²) >= 11 is 5.59. The molecule has 0 amide bonds. The number of aromatic nitrogens is 3. The van der Waals surface area contributed by atoms with Crippen molar-refractivity contribution < 1.29 is 4.74 Å². The van der Waals surface area contributed by atoms with Crippen molar-refractivity contribution in [3.63, 3.8) is 0 Å². The van der Waals surface area contributed by atoms with Gasteiger partial charge in [-0.3, -0.25) is 9.47 Å². The maximum absolute atomic E-state index is 5.59. The van der Waals surface area contributed by atoms with Crippen LogP contribution in [0.15, 0.2) is 30.3 Å². The van der Waals surface area contributed by atoms with Gasteiger partial charge < -0.3 is 4.74 Å². The first-order chi connectivity index (χ1) is 10.2. The van der Waals surface area contributed by atoms with Gasteiger partial charge in [0.25, 0.3) is 0 Å². The standard InChI is InChI=1S/C15H20N4OS/c1-13-16-19(12-17-7-9-20-10-8-17)15(21)18(13)11-14-5-3-2-4-6-14/h2-6H,7-12H2,1H3. The van der Waals surface area contributed by atoms with Crippen LogP contribution in [0.3, 0.4) is 0 Å². The fourth-order valence-corrected chi connectivity index (χ4v) is 2.82. The minimum atomic E-state index is 0.741. The fourth-order valence-electron chi connectivity index (χ4n) is 2.52. The van der Waals surface area contributed by atoms with Crippen LogP contribution in [0.4, 0.5) is 0 Å². The molecule has 6 heteroatoms. The van der Waals surface area contributed by atoms with E-state index in [9.17, 15) is 0 Å². The van der Waals surface area contributed by atoms with Crippen molar-refractivity contribution in [3.05, 3.63) is 46.5 Å². The number of rotatable bonds is 4. The Morgan fingerprint density at radius 3 is 2.62 bits per heavy atom. The quantitative estimate of drug-likeness (QED) is 0.810. The second-order valence-electron chi connectivity index (χ2n) is 5.27. The Hall–Kier alpha value is -1.50. The first-order valence-electron chi connectivity index (χ1n) is 7.22. The molecule has 2 aromatic rings. The molecule has 2 heterocycles. The molecule has 0 bridgehead atoms. The molecule has 21 heavy (non-hydrogen) atoms. The van der Waals surface area contributed by atoms with Gasteiger partial charge >= 0.3 is 0 Å². The Morgan fingerprint density at radius 2 is 1.90 bits per heavy atom. The summed E-state index contributed by atoms with van der Waals surface area (Å²) in [4.78, 5) is 2.32. The molecule has 3 rings (SSSR count). The molecule has 1 fully saturated rings. The summed E-state index contributed by atoms with van der Waals surface area (Å²) in [5.74, 6) is 0.956. The van der Waals surface area contributed by atoms with Crippen LogP contribution in [0.2, 0.25) is 0 Å². The zero-order valence-electron chi connectivity index (χ0n) is 12.2. The highest BCUT2D eigenvalue weighted by Gasteiger charge is 2.14. The summed E-state index contributed by atoms with van der Waals surface area (Å²) in [7, 11) is 0. The van der Waals surface area contributed by atoms with Gasteiger partial charge in [0, 0.05) is 13.1 Å². The third-order valence-electron chi connectivity index (χ3n) is 3.73. The normalized spacial score (nSPS) is 16.2. The molecule has 1 aliphatic rings. The molecular formula is C15H20N4OS. The Morgan fingerprint density at radius 1 is 1.19 bits per heavy atom. The predicted molar refractivity (Wildman–Crippen MR) is 83.7 cm³/mol. The number of benzene rings is 1. The van der Waals surface area contributed by atoms with E-state index in [4.69, 9.17) is 17.0 Å². The van der Waals surface area contributed by atoms with Crippen LogP contribution in [0.5, 0.6) is 0 Å². The lowest BCUT2D eigenvalue weighted by molar-refractivity contribution is 0.0209. The molecule has 1 aliphatic heterocycles. The van der Waals surface area contributed by atoms with Crippen molar-refractivity contribution in [1.29, 1.82) is 0 Å². The van der Waals surface area contributed by atoms with Crippen LogP contribution in [-0.2, 0) is 18.0 Å². The number of ether oxygens (including phenoxy) is 1. The van der Waals surface area contributed by atoms with Crippen LogP contribution < -0.4 is 0 Å². The molecule has 0 unspecified atom stereocenters. The highest BCUT2D eigenvalue weighted by molar-refractivity contribution is 7.71. The number of hydrogen-bond acceptors (Lipinski definition) is 4. The summed E-state index contributed by atoms with van der Waals surface area (Å²) in [6.45, 7) is 6.97. The van der Waals surface area contributed by atoms with Crippen LogP contribution in [-0.4, -0.2) is 45.6 Å². The largest absolute Gasteiger partial charge is 0.379 e. The van der Waals surface area contributed by atoms with Gasteiger partial charge in [0.2, 0.25) is 0 Å². The fraction of sp³-hybridized carbons (Fsp3) is 0.467. The topological polar surface area (TPSA) is 35.2 Å². The highest BCUT2D eigenvalue weighted by atomic mass is 32.1. The van der Waals surface area contributed by atoms with E-state index >= 15 is 0 Å². The average Bonchev–Trinajstić information content (AvgIpc) is 2.77. The number of hydrogen-bond donors (Lipinski definition) is 0. The van der Waals surface area contributed by atoms with Crippen molar-refractivity contribution in [2.75, 3.05) is 26.3 Å². The second-order valence-corrected chi connectivity index (χ2v) is 5.64. The maximum atomic E-state index is 5.59. The van der Waals surface area contributed by atoms with Crippen LogP contribution in [0, 0.1) is 11.7 Å². The molecule has 0 spiro atoms. The van der Waals surface area contributed by atoms with E-state index in [1.807, 2.05) is 29.8 Å². The molecule has 5 nitrogen and oxygen atoms in total. The maximum Gasteiger partial charge on any atom is 0.199 e. The molecule has 0 radical (unpaired) electrons. The number of morpholine rings is 1. The first kappa shape index (κ1) is 14.4. The van der Waals surface area contributed by atoms with Crippen LogP contribution in [0.25, 0.3) is 0 Å². The van der Waals surface area contributed by atoms with Gasteiger partial charge in [0.1, 0.15) is 5.82 Å². The zero-order valence-corrected chi connectivity index (χ0v) is 13.1. The van der Waals surface area contributed by atoms with Crippen LogP contribution >= 0.6 is 12.2 Å². The molecule has 1 aromatic carbocycles. The second kappa shape index (κ2) is 6.51. The molecule has 0 N–H and O–H groups in total. The Bertz CT molecular complexity index is 643. The molecule has 0 atom stereocenters. The third kappa shape index (κ3) is 3.40. The summed E-state index contributed by atoms with van der Waals surface area (Å²) in [5, 5.41) is 4.59. The zero-order chi connectivity index (χ0) is 14.7. The minimum absolute atomic E-state index is 0.741. The van der Waals surface area contributed by atoms with E-state index < -0.39 is 0 Å². The molecule has 0 aliphatic carbocycles. The minimum Gasteiger partial charge on any atom is -0.379 e. The van der Waals surface area contributed by atoms with Crippen molar-refractivity contribution in [2.45, 2.75) is 20.1 Å². The van der Waals surface area contributed by atoms with Crippen molar-refractivity contribution in [1.82, 2.24) is 19.2 Å². The Balaban J connectivity index is 1.78. The molecule has 112 valence electrons. The highest BCUT2D eigenvalue weighted by Crippen LogP contribution is 2.08. The lowest BCUT2D eigenvalue weighted by Crippen LogP contribution is -2.37. The van der Waals surface area contributed by atoms with Gasteiger partial charge in [0.05, 0.1) is 26.4 Å². The van der Waals surface area contributed by atoms with E-state index in [1.165, 1.54) is 5.56 Å². The van der Waals surface area contributed by atoms with E-state index in [-0.39, 0.29) is 0 Å². The summed E-state index contributed by atoms with van der Waals surface area (Å²) < 4.78 is 10.2. The van der Waals surface area contributed by atoms with E-state index in [2.05, 4.69) is 26.7 Å². The average molecular weight is 304 g/mol. The van der Waals surface area contributed by atoms with Gasteiger partial charge in [-0.25, -0.2) is 4.68 Å². The van der Waals surface area contributed by atoms with Gasteiger partial charge in [-0.15, -0.1) is 0 Å². The third-order valence-corrected chi connectivity index (χ3v) is 4.16. The number of nitrogens with zero attached hydrogens (tertiary/aromatic N) is 4. The van der Waals surface area contributed by atoms with Crippen molar-refractivity contribution >= 4 is 12.2 Å².